The number of carboxylic acids is 1. The fraction of sp³-hybridized carbons (Fsp3) is 0. The van der Waals surface area contributed by atoms with Crippen molar-refractivity contribution in [3.8, 4) is 0 Å². The minimum absolute atomic E-state index is 0.490. The Bertz CT molecular complexity index is 357. The summed E-state index contributed by atoms with van der Waals surface area (Å²) in [6.45, 7) is 0. The van der Waals surface area contributed by atoms with E-state index in [0.717, 1.165) is 6.08 Å². The average Bonchev–Trinajstić information content (AvgIpc) is 2.01. The second-order valence-corrected chi connectivity index (χ2v) is 3.35. The summed E-state index contributed by atoms with van der Waals surface area (Å²) in [6, 6.07) is 4.87. The summed E-state index contributed by atoms with van der Waals surface area (Å²) >= 11 is 11.5. The number of carboxylic acid groups (broad SMARTS) is 1. The van der Waals surface area contributed by atoms with Gasteiger partial charge in [-0.25, -0.2) is 4.79 Å². The largest absolute Gasteiger partial charge is 0.478 e. The van der Waals surface area contributed by atoms with Crippen molar-refractivity contribution >= 4 is 34.9 Å². The molecule has 0 heterocycles. The second-order valence-electron chi connectivity index (χ2n) is 2.47. The predicted molar refractivity (Wildman–Crippen MR) is 56.9 cm³/mol. The number of nitrogens with one attached hydrogen (secondary N) is 1. The first-order valence-corrected chi connectivity index (χ1v) is 4.45. The van der Waals surface area contributed by atoms with E-state index in [4.69, 9.17) is 28.3 Å². The molecule has 14 heavy (non-hydrogen) atoms. The van der Waals surface area contributed by atoms with Crippen molar-refractivity contribution in [2.45, 2.75) is 0 Å². The minimum Gasteiger partial charge on any atom is -0.478 e. The molecule has 5 heteroatoms. The first kappa shape index (κ1) is 10.9. The predicted octanol–water partition coefficient (Wildman–Crippen LogP) is 3.00. The molecule has 0 bridgehead atoms. The molecule has 0 radical (unpaired) electrons. The van der Waals surface area contributed by atoms with Crippen LogP contribution in [0.3, 0.4) is 0 Å². The number of benzene rings is 1. The zero-order valence-corrected chi connectivity index (χ0v) is 8.51. The lowest BCUT2D eigenvalue weighted by Crippen LogP contribution is -1.92. The van der Waals surface area contributed by atoms with E-state index < -0.39 is 5.97 Å². The number of rotatable bonds is 3. The number of carbonyl (C=O) groups is 1. The lowest BCUT2D eigenvalue weighted by Gasteiger charge is -2.01. The molecule has 1 rings (SSSR count). The maximum absolute atomic E-state index is 10.1. The summed E-state index contributed by atoms with van der Waals surface area (Å²) in [5.41, 5.74) is 0.639. The molecule has 0 aliphatic rings. The third-order valence-corrected chi connectivity index (χ3v) is 1.77. The summed E-state index contributed by atoms with van der Waals surface area (Å²) in [4.78, 5) is 10.1. The minimum atomic E-state index is -1.02. The van der Waals surface area contributed by atoms with Gasteiger partial charge in [0.25, 0.3) is 0 Å². The highest BCUT2D eigenvalue weighted by atomic mass is 35.5. The number of hydrogen-bond acceptors (Lipinski definition) is 2. The summed E-state index contributed by atoms with van der Waals surface area (Å²) < 4.78 is 0. The summed E-state index contributed by atoms with van der Waals surface area (Å²) in [7, 11) is 0. The first-order chi connectivity index (χ1) is 6.58. The van der Waals surface area contributed by atoms with Gasteiger partial charge in [-0.3, -0.25) is 0 Å². The van der Waals surface area contributed by atoms with Crippen LogP contribution in [-0.4, -0.2) is 11.1 Å². The number of aliphatic carboxylic acids is 1. The van der Waals surface area contributed by atoms with Crippen LogP contribution in [-0.2, 0) is 4.79 Å². The molecular formula is C9H7Cl2NO2. The highest BCUT2D eigenvalue weighted by Crippen LogP contribution is 2.22. The molecule has 0 atom stereocenters. The third-order valence-electron chi connectivity index (χ3n) is 1.34. The quantitative estimate of drug-likeness (QED) is 0.787. The fourth-order valence-corrected chi connectivity index (χ4v) is 1.37. The van der Waals surface area contributed by atoms with Gasteiger partial charge in [-0.15, -0.1) is 0 Å². The smallest absolute Gasteiger partial charge is 0.329 e. The maximum atomic E-state index is 10.1. The highest BCUT2D eigenvalue weighted by Gasteiger charge is 1.95. The van der Waals surface area contributed by atoms with E-state index in [1.165, 1.54) is 6.20 Å². The summed E-state index contributed by atoms with van der Waals surface area (Å²) in [5.74, 6) is -1.02. The van der Waals surface area contributed by atoms with Gasteiger partial charge in [0.05, 0.1) is 0 Å². The van der Waals surface area contributed by atoms with Crippen molar-refractivity contribution in [2.75, 3.05) is 5.32 Å². The standard InChI is InChI=1S/C9H7Cl2NO2/c10-6-3-7(11)5-8(4-6)12-2-1-9(13)14/h1-5,12H,(H,13,14)/b2-1+. The zero-order chi connectivity index (χ0) is 10.6. The van der Waals surface area contributed by atoms with Crippen molar-refractivity contribution in [3.05, 3.63) is 40.5 Å². The van der Waals surface area contributed by atoms with E-state index in [0.29, 0.717) is 15.7 Å². The summed E-state index contributed by atoms with van der Waals surface area (Å²) in [5, 5.41) is 12.0. The Morgan fingerprint density at radius 2 is 1.86 bits per heavy atom. The van der Waals surface area contributed by atoms with Crippen molar-refractivity contribution < 1.29 is 9.90 Å². The maximum Gasteiger partial charge on any atom is 0.329 e. The van der Waals surface area contributed by atoms with Crippen LogP contribution < -0.4 is 5.32 Å². The van der Waals surface area contributed by atoms with Crippen LogP contribution >= 0.6 is 23.2 Å². The van der Waals surface area contributed by atoms with Crippen molar-refractivity contribution in [1.82, 2.24) is 0 Å². The Hall–Kier alpha value is -1.19. The lowest BCUT2D eigenvalue weighted by molar-refractivity contribution is -0.131. The molecule has 0 aromatic heterocycles. The van der Waals surface area contributed by atoms with Gasteiger partial charge in [-0.2, -0.15) is 0 Å². The Labute approximate surface area is 90.9 Å². The third kappa shape index (κ3) is 3.68. The molecule has 2 N–H and O–H groups in total. The molecule has 0 spiro atoms. The molecule has 0 aliphatic heterocycles. The molecule has 3 nitrogen and oxygen atoms in total. The van der Waals surface area contributed by atoms with E-state index in [2.05, 4.69) is 5.32 Å². The monoisotopic (exact) mass is 231 g/mol. The number of hydrogen-bond donors (Lipinski definition) is 2. The summed E-state index contributed by atoms with van der Waals surface area (Å²) in [6.07, 6.45) is 2.28. The molecule has 0 unspecified atom stereocenters. The number of halogens is 2. The van der Waals surface area contributed by atoms with Gasteiger partial charge in [0.15, 0.2) is 0 Å². The van der Waals surface area contributed by atoms with Gasteiger partial charge in [-0.05, 0) is 18.2 Å². The Morgan fingerprint density at radius 3 is 2.36 bits per heavy atom. The average molecular weight is 232 g/mol. The highest BCUT2D eigenvalue weighted by molar-refractivity contribution is 6.35. The van der Waals surface area contributed by atoms with Gasteiger partial charge >= 0.3 is 5.97 Å². The molecule has 0 saturated carbocycles. The normalized spacial score (nSPS) is 10.4. The van der Waals surface area contributed by atoms with Crippen LogP contribution in [0.2, 0.25) is 10.0 Å². The van der Waals surface area contributed by atoms with Crippen molar-refractivity contribution in [1.29, 1.82) is 0 Å². The van der Waals surface area contributed by atoms with E-state index in [1.807, 2.05) is 0 Å². The Kier molecular flexibility index (Phi) is 3.80. The lowest BCUT2D eigenvalue weighted by atomic mass is 10.3. The van der Waals surface area contributed by atoms with Crippen LogP contribution in [0.15, 0.2) is 30.5 Å². The molecule has 74 valence electrons. The van der Waals surface area contributed by atoms with E-state index in [1.54, 1.807) is 18.2 Å². The zero-order valence-electron chi connectivity index (χ0n) is 7.00. The van der Waals surface area contributed by atoms with Gasteiger partial charge < -0.3 is 10.4 Å². The van der Waals surface area contributed by atoms with Gasteiger partial charge in [0.1, 0.15) is 0 Å². The molecule has 1 aromatic carbocycles. The van der Waals surface area contributed by atoms with Gasteiger partial charge in [0.2, 0.25) is 0 Å². The van der Waals surface area contributed by atoms with Crippen molar-refractivity contribution in [3.63, 3.8) is 0 Å². The van der Waals surface area contributed by atoms with Crippen molar-refractivity contribution in [2.24, 2.45) is 0 Å². The van der Waals surface area contributed by atoms with Crippen LogP contribution in [0.4, 0.5) is 5.69 Å². The molecular weight excluding hydrogens is 225 g/mol. The Morgan fingerprint density at radius 1 is 1.29 bits per heavy atom. The second kappa shape index (κ2) is 4.88. The van der Waals surface area contributed by atoms with Crippen LogP contribution in [0.1, 0.15) is 0 Å². The molecule has 0 amide bonds. The molecule has 0 aliphatic carbocycles. The fourth-order valence-electron chi connectivity index (χ4n) is 0.846. The topological polar surface area (TPSA) is 49.3 Å². The van der Waals surface area contributed by atoms with Crippen LogP contribution in [0.5, 0.6) is 0 Å². The number of anilines is 1. The van der Waals surface area contributed by atoms with E-state index in [9.17, 15) is 4.79 Å². The first-order valence-electron chi connectivity index (χ1n) is 3.70. The van der Waals surface area contributed by atoms with Gasteiger partial charge in [-0.1, -0.05) is 23.2 Å². The van der Waals surface area contributed by atoms with E-state index >= 15 is 0 Å². The molecule has 1 aromatic rings. The SMILES string of the molecule is O=C(O)/C=C/Nc1cc(Cl)cc(Cl)c1. The van der Waals surface area contributed by atoms with Crippen LogP contribution in [0, 0.1) is 0 Å². The van der Waals surface area contributed by atoms with Gasteiger partial charge in [0, 0.05) is 28.0 Å². The molecule has 0 saturated heterocycles. The van der Waals surface area contributed by atoms with Crippen LogP contribution in [0.25, 0.3) is 0 Å². The van der Waals surface area contributed by atoms with E-state index in [-0.39, 0.29) is 0 Å². The molecule has 0 fully saturated rings. The Balaban J connectivity index is 2.72.